The highest BCUT2D eigenvalue weighted by Gasteiger charge is 2.40. The molecule has 2 aliphatic heterocycles. The first-order valence-corrected chi connectivity index (χ1v) is 9.97. The van der Waals surface area contributed by atoms with Crippen molar-refractivity contribution in [3.8, 4) is 23.0 Å². The maximum Gasteiger partial charge on any atom is 0.161 e. The molecule has 0 saturated carbocycles. The zero-order valence-electron chi connectivity index (χ0n) is 16.9. The van der Waals surface area contributed by atoms with E-state index in [-0.39, 0.29) is 16.4 Å². The number of aromatic hydroxyl groups is 1. The van der Waals surface area contributed by atoms with Gasteiger partial charge in [-0.3, -0.25) is 0 Å². The fourth-order valence-electron chi connectivity index (χ4n) is 5.29. The fraction of sp³-hybridized carbons (Fsp3) is 0.391. The fourth-order valence-corrected chi connectivity index (χ4v) is 5.29. The molecule has 3 aromatic rings. The Morgan fingerprint density at radius 2 is 1.45 bits per heavy atom. The lowest BCUT2D eigenvalue weighted by molar-refractivity contribution is -0.907. The Labute approximate surface area is 169 Å². The average molecular weight is 395 g/mol. The van der Waals surface area contributed by atoms with Crippen LogP contribution in [0.25, 0.3) is 21.5 Å². The molecular weight excluding hydrogens is 370 g/mol. The Kier molecular flexibility index (Phi) is 4.05. The Balaban J connectivity index is 1.91. The second-order valence-electron chi connectivity index (χ2n) is 8.11. The zero-order valence-corrected chi connectivity index (χ0v) is 16.9. The van der Waals surface area contributed by atoms with Gasteiger partial charge < -0.3 is 29.2 Å². The van der Waals surface area contributed by atoms with Gasteiger partial charge in [-0.25, -0.2) is 0 Å². The molecule has 2 aliphatic rings. The number of phenolic OH excluding ortho intramolecular Hbond substituents is 1. The molecule has 0 aromatic heterocycles. The van der Waals surface area contributed by atoms with Crippen LogP contribution in [-0.4, -0.2) is 43.7 Å². The number of quaternary nitrogens is 1. The molecule has 0 aliphatic carbocycles. The predicted molar refractivity (Wildman–Crippen MR) is 112 cm³/mol. The number of fused-ring (bicyclic) bond motifs is 7. The lowest BCUT2D eigenvalue weighted by Gasteiger charge is -2.48. The van der Waals surface area contributed by atoms with Crippen LogP contribution in [0.15, 0.2) is 24.3 Å². The predicted octanol–water partition coefficient (Wildman–Crippen LogP) is 4.26. The summed E-state index contributed by atoms with van der Waals surface area (Å²) in [4.78, 5) is 0. The second-order valence-corrected chi connectivity index (χ2v) is 8.11. The maximum atomic E-state index is 13.5. The minimum absolute atomic E-state index is 0.0861. The van der Waals surface area contributed by atoms with E-state index >= 15 is 0 Å². The molecule has 1 N–H and O–H groups in total. The van der Waals surface area contributed by atoms with Crippen molar-refractivity contribution in [3.63, 3.8) is 0 Å². The van der Waals surface area contributed by atoms with E-state index in [1.165, 1.54) is 12.7 Å². The van der Waals surface area contributed by atoms with Crippen molar-refractivity contribution in [2.45, 2.75) is 31.8 Å². The number of hydrogen-bond donors (Lipinski definition) is 1. The summed E-state index contributed by atoms with van der Waals surface area (Å²) in [6.07, 6.45) is 2.67. The van der Waals surface area contributed by atoms with E-state index < -0.39 is 0 Å². The summed E-state index contributed by atoms with van der Waals surface area (Å²) in [6, 6.07) is 7.69. The third kappa shape index (κ3) is 2.56. The maximum absolute atomic E-state index is 13.5. The van der Waals surface area contributed by atoms with Gasteiger partial charge in [-0.05, 0) is 51.4 Å². The first-order chi connectivity index (χ1) is 14.0. The van der Waals surface area contributed by atoms with Crippen LogP contribution in [0.3, 0.4) is 0 Å². The highest BCUT2D eigenvalue weighted by atomic mass is 16.5. The van der Waals surface area contributed by atoms with Gasteiger partial charge in [-0.15, -0.1) is 0 Å². The lowest BCUT2D eigenvalue weighted by Crippen LogP contribution is -2.49. The van der Waals surface area contributed by atoms with Crippen molar-refractivity contribution in [1.82, 2.24) is 0 Å². The first kappa shape index (κ1) is 18.3. The number of rotatable bonds is 3. The number of phenols is 1. The molecule has 6 nitrogen and oxygen atoms in total. The van der Waals surface area contributed by atoms with Gasteiger partial charge in [0, 0.05) is 24.8 Å². The van der Waals surface area contributed by atoms with Crippen molar-refractivity contribution in [3.05, 3.63) is 40.6 Å². The largest absolute Gasteiger partial charge is 0.632 e. The van der Waals surface area contributed by atoms with Gasteiger partial charge in [0.05, 0.1) is 33.9 Å². The third-order valence-corrected chi connectivity index (χ3v) is 6.75. The van der Waals surface area contributed by atoms with Crippen LogP contribution in [0.5, 0.6) is 23.0 Å². The molecule has 2 heterocycles. The third-order valence-electron chi connectivity index (χ3n) is 6.75. The summed E-state index contributed by atoms with van der Waals surface area (Å²) >= 11 is 0. The van der Waals surface area contributed by atoms with E-state index in [0.717, 1.165) is 46.4 Å². The minimum atomic E-state index is -0.159. The van der Waals surface area contributed by atoms with E-state index in [1.807, 2.05) is 18.2 Å². The number of nitrogens with zero attached hydrogens (tertiary/aromatic N) is 1. The SMILES string of the molecule is COc1cc2c(cc1O)c1c(c3cc(OC)c(OC)cc32)C[C@H]2CCC[N+]2([O-])C1. The van der Waals surface area contributed by atoms with E-state index in [9.17, 15) is 10.3 Å². The molecule has 2 atom stereocenters. The van der Waals surface area contributed by atoms with Crippen LogP contribution in [0.1, 0.15) is 24.0 Å². The number of hydroxylamine groups is 3. The van der Waals surface area contributed by atoms with Gasteiger partial charge in [-0.1, -0.05) is 0 Å². The normalized spacial score (nSPS) is 23.1. The standard InChI is InChI=1S/C23H25NO5/c1-27-21-9-16-15(8-20(21)25)19-12-24(26)6-4-5-13(24)7-14(19)17-10-22(28-2)23(29-3)11-18(16)17/h8-11,13,25H,4-7,12H2,1-3H3/t13-,24?/m1/s1. The van der Waals surface area contributed by atoms with Crippen LogP contribution in [-0.2, 0) is 13.0 Å². The quantitative estimate of drug-likeness (QED) is 0.408. The van der Waals surface area contributed by atoms with Crippen molar-refractivity contribution >= 4 is 21.5 Å². The highest BCUT2D eigenvalue weighted by Crippen LogP contribution is 2.47. The van der Waals surface area contributed by atoms with Gasteiger partial charge in [0.25, 0.3) is 0 Å². The summed E-state index contributed by atoms with van der Waals surface area (Å²) in [5.74, 6) is 1.82. The van der Waals surface area contributed by atoms with Crippen LogP contribution < -0.4 is 14.2 Å². The topological polar surface area (TPSA) is 71.0 Å². The van der Waals surface area contributed by atoms with Crippen molar-refractivity contribution in [1.29, 1.82) is 0 Å². The summed E-state index contributed by atoms with van der Waals surface area (Å²) in [7, 11) is 4.80. The highest BCUT2D eigenvalue weighted by molar-refractivity contribution is 6.12. The second kappa shape index (κ2) is 6.40. The molecule has 6 heteroatoms. The number of methoxy groups -OCH3 is 3. The van der Waals surface area contributed by atoms with Gasteiger partial charge in [0.15, 0.2) is 23.0 Å². The summed E-state index contributed by atoms with van der Waals surface area (Å²) in [5, 5.41) is 27.9. The molecule has 0 bridgehead atoms. The summed E-state index contributed by atoms with van der Waals surface area (Å²) in [5.41, 5.74) is 2.22. The van der Waals surface area contributed by atoms with Crippen LogP contribution in [0.4, 0.5) is 0 Å². The van der Waals surface area contributed by atoms with Crippen molar-refractivity contribution in [2.75, 3.05) is 27.9 Å². The Hall–Kier alpha value is -2.70. The number of hydrogen-bond acceptors (Lipinski definition) is 5. The van der Waals surface area contributed by atoms with Gasteiger partial charge in [-0.2, -0.15) is 0 Å². The minimum Gasteiger partial charge on any atom is -0.632 e. The molecule has 1 unspecified atom stereocenters. The van der Waals surface area contributed by atoms with Crippen molar-refractivity contribution in [2.24, 2.45) is 0 Å². The zero-order chi connectivity index (χ0) is 20.3. The smallest absolute Gasteiger partial charge is 0.161 e. The molecule has 0 radical (unpaired) electrons. The summed E-state index contributed by atoms with van der Waals surface area (Å²) < 4.78 is 16.3. The Morgan fingerprint density at radius 1 is 0.862 bits per heavy atom. The van der Waals surface area contributed by atoms with Gasteiger partial charge in [0.2, 0.25) is 0 Å². The van der Waals surface area contributed by atoms with Crippen molar-refractivity contribution < 1.29 is 24.0 Å². The number of ether oxygens (including phenoxy) is 3. The van der Waals surface area contributed by atoms with Gasteiger partial charge >= 0.3 is 0 Å². The lowest BCUT2D eigenvalue weighted by atomic mass is 9.84. The first-order valence-electron chi connectivity index (χ1n) is 9.97. The van der Waals surface area contributed by atoms with E-state index in [4.69, 9.17) is 14.2 Å². The molecular formula is C23H25NO5. The molecule has 0 amide bonds. The monoisotopic (exact) mass is 395 g/mol. The molecule has 5 rings (SSSR count). The van der Waals surface area contributed by atoms with Crippen LogP contribution in [0.2, 0.25) is 0 Å². The molecule has 1 fully saturated rings. The van der Waals surface area contributed by atoms with Crippen LogP contribution >= 0.6 is 0 Å². The van der Waals surface area contributed by atoms with E-state index in [2.05, 4.69) is 0 Å². The number of benzene rings is 3. The average Bonchev–Trinajstić information content (AvgIpc) is 3.11. The van der Waals surface area contributed by atoms with E-state index in [1.54, 1.807) is 20.3 Å². The molecule has 0 spiro atoms. The molecule has 3 aromatic carbocycles. The molecule has 29 heavy (non-hydrogen) atoms. The molecule has 1 saturated heterocycles. The van der Waals surface area contributed by atoms with E-state index in [0.29, 0.717) is 30.3 Å². The summed E-state index contributed by atoms with van der Waals surface area (Å²) in [6.45, 7) is 1.10. The Morgan fingerprint density at radius 3 is 2.10 bits per heavy atom. The van der Waals surface area contributed by atoms with Gasteiger partial charge in [0.1, 0.15) is 6.54 Å². The molecule has 152 valence electrons. The van der Waals surface area contributed by atoms with Crippen LogP contribution in [0, 0.1) is 5.21 Å². The Bertz CT molecular complexity index is 1140.